The largest absolute Gasteiger partial charge is 0.490 e. The van der Waals surface area contributed by atoms with Gasteiger partial charge in [0.25, 0.3) is 0 Å². The molecule has 1 aliphatic rings. The van der Waals surface area contributed by atoms with Crippen LogP contribution in [0.15, 0.2) is 11.5 Å². The zero-order chi connectivity index (χ0) is 11.9. The van der Waals surface area contributed by atoms with Gasteiger partial charge in [0.05, 0.1) is 11.2 Å². The van der Waals surface area contributed by atoms with Crippen molar-refractivity contribution in [3.8, 4) is 0 Å². The van der Waals surface area contributed by atoms with E-state index in [9.17, 15) is 4.79 Å². The van der Waals surface area contributed by atoms with Crippen molar-refractivity contribution < 1.29 is 19.2 Å². The molecule has 0 bridgehead atoms. The molecule has 0 aromatic rings. The number of allylic oxidation sites excluding steroid dienone is 1. The molecule has 1 N–H and O–H groups in total. The predicted molar refractivity (Wildman–Crippen MR) is 57.5 cm³/mol. The maximum absolute atomic E-state index is 10.5. The van der Waals surface area contributed by atoms with E-state index in [2.05, 4.69) is 0 Å². The average molecular weight is 212 g/mol. The van der Waals surface area contributed by atoms with Crippen LogP contribution in [0.25, 0.3) is 0 Å². The van der Waals surface area contributed by atoms with Gasteiger partial charge in [-0.05, 0) is 40.1 Å². The molecule has 1 rings (SSSR count). The van der Waals surface area contributed by atoms with Gasteiger partial charge >= 0.3 is 13.1 Å². The lowest BCUT2D eigenvalue weighted by Crippen LogP contribution is -2.41. The van der Waals surface area contributed by atoms with Crippen LogP contribution in [0.2, 0.25) is 0 Å². The molecule has 0 radical (unpaired) electrons. The highest BCUT2D eigenvalue weighted by atomic mass is 16.7. The number of carboxylic acids is 1. The lowest BCUT2D eigenvalue weighted by Gasteiger charge is -2.32. The molecular formula is C10H17BO4. The Morgan fingerprint density at radius 3 is 1.93 bits per heavy atom. The van der Waals surface area contributed by atoms with Crippen LogP contribution in [0.3, 0.4) is 0 Å². The first-order valence-corrected chi connectivity index (χ1v) is 4.92. The van der Waals surface area contributed by atoms with E-state index in [1.165, 1.54) is 0 Å². The quantitative estimate of drug-likeness (QED) is 0.558. The highest BCUT2D eigenvalue weighted by Gasteiger charge is 2.51. The SMILES string of the molecule is C/C(=C/C(=O)O)B1OC(C)(C)C(C)(C)O1. The molecule has 0 saturated carbocycles. The van der Waals surface area contributed by atoms with Gasteiger partial charge in [-0.25, -0.2) is 4.79 Å². The van der Waals surface area contributed by atoms with Crippen molar-refractivity contribution in [1.82, 2.24) is 0 Å². The molecule has 1 heterocycles. The van der Waals surface area contributed by atoms with Crippen LogP contribution in [0.1, 0.15) is 34.6 Å². The summed E-state index contributed by atoms with van der Waals surface area (Å²) in [4.78, 5) is 10.5. The molecular weight excluding hydrogens is 195 g/mol. The number of rotatable bonds is 2. The van der Waals surface area contributed by atoms with Crippen molar-refractivity contribution >= 4 is 13.1 Å². The zero-order valence-corrected chi connectivity index (χ0v) is 9.83. The predicted octanol–water partition coefficient (Wildman–Crippen LogP) is 1.65. The van der Waals surface area contributed by atoms with Crippen molar-refractivity contribution in [2.24, 2.45) is 0 Å². The molecule has 0 atom stereocenters. The van der Waals surface area contributed by atoms with Gasteiger partial charge in [0.15, 0.2) is 0 Å². The summed E-state index contributed by atoms with van der Waals surface area (Å²) in [5.74, 6) is -0.984. The van der Waals surface area contributed by atoms with Crippen LogP contribution in [-0.2, 0) is 14.1 Å². The molecule has 84 valence electrons. The first-order valence-electron chi connectivity index (χ1n) is 4.92. The molecule has 0 unspecified atom stereocenters. The number of carbonyl (C=O) groups is 1. The highest BCUT2D eigenvalue weighted by Crippen LogP contribution is 2.38. The van der Waals surface area contributed by atoms with E-state index >= 15 is 0 Å². The topological polar surface area (TPSA) is 55.8 Å². The third-order valence-corrected chi connectivity index (χ3v) is 2.98. The Balaban J connectivity index is 2.84. The normalized spacial score (nSPS) is 24.3. The van der Waals surface area contributed by atoms with E-state index in [1.54, 1.807) is 6.92 Å². The number of aliphatic carboxylic acids is 1. The molecule has 1 fully saturated rings. The van der Waals surface area contributed by atoms with E-state index in [-0.39, 0.29) is 0 Å². The van der Waals surface area contributed by atoms with Crippen molar-refractivity contribution in [2.45, 2.75) is 45.8 Å². The van der Waals surface area contributed by atoms with Gasteiger partial charge in [0.1, 0.15) is 0 Å². The maximum atomic E-state index is 10.5. The average Bonchev–Trinajstić information content (AvgIpc) is 2.20. The lowest BCUT2D eigenvalue weighted by atomic mass is 9.79. The summed E-state index contributed by atoms with van der Waals surface area (Å²) in [6, 6.07) is 0. The van der Waals surface area contributed by atoms with Gasteiger partial charge in [0, 0.05) is 6.08 Å². The van der Waals surface area contributed by atoms with Gasteiger partial charge in [-0.2, -0.15) is 0 Å². The fourth-order valence-electron chi connectivity index (χ4n) is 1.29. The number of hydrogen-bond donors (Lipinski definition) is 1. The van der Waals surface area contributed by atoms with Gasteiger partial charge in [-0.3, -0.25) is 0 Å². The Morgan fingerprint density at radius 1 is 1.20 bits per heavy atom. The molecule has 1 aliphatic heterocycles. The summed E-state index contributed by atoms with van der Waals surface area (Å²) in [7, 11) is -0.564. The standard InChI is InChI=1S/C10H17BO4/c1-7(6-8(12)13)11-14-9(2,3)10(4,5)15-11/h6H,1-5H3,(H,12,13)/b7-6-. The molecule has 1 saturated heterocycles. The molecule has 0 amide bonds. The molecule has 0 aromatic carbocycles. The first kappa shape index (κ1) is 12.3. The third-order valence-electron chi connectivity index (χ3n) is 2.98. The van der Waals surface area contributed by atoms with Crippen molar-refractivity contribution in [1.29, 1.82) is 0 Å². The minimum atomic E-state index is -0.984. The summed E-state index contributed by atoms with van der Waals surface area (Å²) < 4.78 is 11.3. The zero-order valence-electron chi connectivity index (χ0n) is 9.83. The second-order valence-electron chi connectivity index (χ2n) is 4.81. The Kier molecular flexibility index (Phi) is 2.98. The van der Waals surface area contributed by atoms with Crippen molar-refractivity contribution in [2.75, 3.05) is 0 Å². The monoisotopic (exact) mass is 212 g/mol. The van der Waals surface area contributed by atoms with Crippen LogP contribution in [0.5, 0.6) is 0 Å². The second-order valence-corrected chi connectivity index (χ2v) is 4.81. The van der Waals surface area contributed by atoms with E-state index in [0.717, 1.165) is 6.08 Å². The summed E-state index contributed by atoms with van der Waals surface area (Å²) >= 11 is 0. The summed E-state index contributed by atoms with van der Waals surface area (Å²) in [5.41, 5.74) is -0.280. The minimum absolute atomic E-state index is 0.425. The fraction of sp³-hybridized carbons (Fsp3) is 0.700. The van der Waals surface area contributed by atoms with Crippen LogP contribution in [-0.4, -0.2) is 29.4 Å². The van der Waals surface area contributed by atoms with E-state index < -0.39 is 24.3 Å². The van der Waals surface area contributed by atoms with Gasteiger partial charge in [0.2, 0.25) is 0 Å². The van der Waals surface area contributed by atoms with Gasteiger partial charge in [-0.15, -0.1) is 0 Å². The summed E-state index contributed by atoms with van der Waals surface area (Å²) in [6.45, 7) is 9.42. The molecule has 0 spiro atoms. The fourth-order valence-corrected chi connectivity index (χ4v) is 1.29. The molecule has 0 aromatic heterocycles. The smallest absolute Gasteiger partial charge is 0.478 e. The van der Waals surface area contributed by atoms with Crippen molar-refractivity contribution in [3.05, 3.63) is 11.5 Å². The number of hydrogen-bond acceptors (Lipinski definition) is 3. The first-order chi connectivity index (χ1) is 6.66. The van der Waals surface area contributed by atoms with Crippen LogP contribution < -0.4 is 0 Å². The third kappa shape index (κ3) is 2.41. The molecule has 4 nitrogen and oxygen atoms in total. The van der Waals surface area contributed by atoms with Gasteiger partial charge in [-0.1, -0.05) is 0 Å². The summed E-state index contributed by atoms with van der Waals surface area (Å²) in [6.07, 6.45) is 1.11. The molecule has 15 heavy (non-hydrogen) atoms. The van der Waals surface area contributed by atoms with E-state index in [4.69, 9.17) is 14.4 Å². The Bertz CT molecular complexity index is 291. The lowest BCUT2D eigenvalue weighted by molar-refractivity contribution is -0.131. The number of carboxylic acid groups (broad SMARTS) is 1. The maximum Gasteiger partial charge on any atom is 0.490 e. The Hall–Kier alpha value is -0.805. The molecule has 0 aliphatic carbocycles. The van der Waals surface area contributed by atoms with Crippen LogP contribution in [0.4, 0.5) is 0 Å². The second kappa shape index (κ2) is 3.65. The van der Waals surface area contributed by atoms with E-state index in [1.807, 2.05) is 27.7 Å². The highest BCUT2D eigenvalue weighted by molar-refractivity contribution is 6.54. The Labute approximate surface area is 90.4 Å². The van der Waals surface area contributed by atoms with Crippen molar-refractivity contribution in [3.63, 3.8) is 0 Å². The molecule has 5 heteroatoms. The van der Waals surface area contributed by atoms with E-state index in [0.29, 0.717) is 5.47 Å². The Morgan fingerprint density at radius 2 is 1.60 bits per heavy atom. The van der Waals surface area contributed by atoms with Crippen LogP contribution in [0, 0.1) is 0 Å². The van der Waals surface area contributed by atoms with Crippen LogP contribution >= 0.6 is 0 Å². The summed E-state index contributed by atoms with van der Waals surface area (Å²) in [5, 5.41) is 8.62. The van der Waals surface area contributed by atoms with Gasteiger partial charge < -0.3 is 14.4 Å². The minimum Gasteiger partial charge on any atom is -0.478 e.